The van der Waals surface area contributed by atoms with Gasteiger partial charge in [-0.25, -0.2) is 0 Å². The average Bonchev–Trinajstić information content (AvgIpc) is 3.10. The van der Waals surface area contributed by atoms with Crippen molar-refractivity contribution in [3.05, 3.63) is 53.9 Å². The first kappa shape index (κ1) is 13.3. The summed E-state index contributed by atoms with van der Waals surface area (Å²) in [6, 6.07) is 10.4. The fourth-order valence-corrected chi connectivity index (χ4v) is 2.81. The van der Waals surface area contributed by atoms with Crippen molar-refractivity contribution in [3.63, 3.8) is 0 Å². The van der Waals surface area contributed by atoms with Gasteiger partial charge >= 0.3 is 0 Å². The van der Waals surface area contributed by atoms with Crippen LogP contribution in [0.3, 0.4) is 0 Å². The molecular weight excluding hydrogens is 250 g/mol. The summed E-state index contributed by atoms with van der Waals surface area (Å²) in [4.78, 5) is 2.39. The van der Waals surface area contributed by atoms with Crippen molar-refractivity contribution in [3.8, 4) is 0 Å². The highest BCUT2D eigenvalue weighted by Gasteiger charge is 2.21. The van der Waals surface area contributed by atoms with E-state index in [2.05, 4.69) is 40.5 Å². The number of nitrogens with zero attached hydrogens (tertiary/aromatic N) is 3. The smallest absolute Gasteiger partial charge is 0.0659 e. The lowest BCUT2D eigenvalue weighted by Crippen LogP contribution is -2.20. The van der Waals surface area contributed by atoms with Gasteiger partial charge in [0, 0.05) is 31.5 Å². The molecule has 1 aliphatic heterocycles. The number of hydrogen-bond acceptors (Lipinski definition) is 3. The number of aliphatic hydroxyl groups is 1. The number of aromatic nitrogens is 2. The van der Waals surface area contributed by atoms with Gasteiger partial charge in [0.15, 0.2) is 0 Å². The van der Waals surface area contributed by atoms with E-state index in [4.69, 9.17) is 0 Å². The molecule has 106 valence electrons. The highest BCUT2D eigenvalue weighted by Crippen LogP contribution is 2.17. The lowest BCUT2D eigenvalue weighted by Gasteiger charge is -2.13. The third kappa shape index (κ3) is 3.26. The summed E-state index contributed by atoms with van der Waals surface area (Å²) in [5.74, 6) is 0.453. The maximum Gasteiger partial charge on any atom is 0.0659 e. The molecule has 0 radical (unpaired) electrons. The predicted octanol–water partition coefficient (Wildman–Crippen LogP) is 1.75. The van der Waals surface area contributed by atoms with Crippen molar-refractivity contribution in [2.45, 2.75) is 19.5 Å². The monoisotopic (exact) mass is 271 g/mol. The quantitative estimate of drug-likeness (QED) is 0.900. The molecule has 0 spiro atoms. The minimum absolute atomic E-state index is 0.309. The first-order valence-corrected chi connectivity index (χ1v) is 7.22. The molecule has 1 atom stereocenters. The summed E-state index contributed by atoms with van der Waals surface area (Å²) < 4.78 is 1.99. The number of hydrogen-bond donors (Lipinski definition) is 1. The molecule has 0 saturated carbocycles. The molecule has 1 aromatic carbocycles. The predicted molar refractivity (Wildman–Crippen MR) is 78.2 cm³/mol. The van der Waals surface area contributed by atoms with E-state index >= 15 is 0 Å². The number of likely N-dealkylation sites (tertiary alicyclic amines) is 1. The van der Waals surface area contributed by atoms with Gasteiger partial charge in [-0.1, -0.05) is 30.3 Å². The summed E-state index contributed by atoms with van der Waals surface area (Å²) in [6.45, 7) is 4.14. The Balaban J connectivity index is 1.57. The van der Waals surface area contributed by atoms with Crippen molar-refractivity contribution in [2.75, 3.05) is 19.7 Å². The third-order valence-electron chi connectivity index (χ3n) is 3.91. The summed E-state index contributed by atoms with van der Waals surface area (Å²) in [7, 11) is 0. The number of benzene rings is 1. The zero-order valence-electron chi connectivity index (χ0n) is 11.7. The molecule has 0 amide bonds. The average molecular weight is 271 g/mol. The Labute approximate surface area is 119 Å². The molecule has 4 nitrogen and oxygen atoms in total. The molecule has 3 rings (SSSR count). The van der Waals surface area contributed by atoms with Gasteiger partial charge in [0.2, 0.25) is 0 Å². The van der Waals surface area contributed by atoms with Gasteiger partial charge in [-0.2, -0.15) is 5.10 Å². The van der Waals surface area contributed by atoms with Crippen LogP contribution in [0.2, 0.25) is 0 Å². The van der Waals surface area contributed by atoms with Crippen LogP contribution in [-0.4, -0.2) is 39.5 Å². The first-order valence-electron chi connectivity index (χ1n) is 7.22. The van der Waals surface area contributed by atoms with Gasteiger partial charge in [-0.15, -0.1) is 0 Å². The zero-order chi connectivity index (χ0) is 13.8. The van der Waals surface area contributed by atoms with E-state index in [0.29, 0.717) is 12.5 Å². The van der Waals surface area contributed by atoms with Gasteiger partial charge in [0.25, 0.3) is 0 Å². The number of aliphatic hydroxyl groups excluding tert-OH is 1. The van der Waals surface area contributed by atoms with E-state index in [1.165, 1.54) is 11.1 Å². The van der Waals surface area contributed by atoms with Crippen molar-refractivity contribution < 1.29 is 5.11 Å². The summed E-state index contributed by atoms with van der Waals surface area (Å²) in [5, 5.41) is 13.6. The Morgan fingerprint density at radius 1 is 1.15 bits per heavy atom. The molecular formula is C16H21N3O. The molecule has 1 N–H and O–H groups in total. The maximum atomic E-state index is 9.17. The van der Waals surface area contributed by atoms with E-state index in [1.807, 2.05) is 16.9 Å². The molecule has 1 fully saturated rings. The van der Waals surface area contributed by atoms with Crippen molar-refractivity contribution >= 4 is 0 Å². The van der Waals surface area contributed by atoms with E-state index in [-0.39, 0.29) is 0 Å². The Kier molecular flexibility index (Phi) is 4.14. The molecule has 0 aliphatic carbocycles. The van der Waals surface area contributed by atoms with Crippen LogP contribution >= 0.6 is 0 Å². The van der Waals surface area contributed by atoms with Crippen LogP contribution in [0.25, 0.3) is 0 Å². The minimum Gasteiger partial charge on any atom is -0.396 e. The van der Waals surface area contributed by atoms with E-state index < -0.39 is 0 Å². The SMILES string of the molecule is OCC1CCN(Cc2cnn(Cc3ccccc3)c2)C1. The van der Waals surface area contributed by atoms with Crippen molar-refractivity contribution in [1.82, 2.24) is 14.7 Å². The number of rotatable bonds is 5. The lowest BCUT2D eigenvalue weighted by molar-refractivity contribution is 0.220. The topological polar surface area (TPSA) is 41.3 Å². The highest BCUT2D eigenvalue weighted by molar-refractivity contribution is 5.15. The third-order valence-corrected chi connectivity index (χ3v) is 3.91. The van der Waals surface area contributed by atoms with Crippen LogP contribution < -0.4 is 0 Å². The van der Waals surface area contributed by atoms with Gasteiger partial charge in [0.05, 0.1) is 12.7 Å². The normalized spacial score (nSPS) is 19.6. The maximum absolute atomic E-state index is 9.17. The minimum atomic E-state index is 0.309. The summed E-state index contributed by atoms with van der Waals surface area (Å²) in [6.07, 6.45) is 5.18. The molecule has 2 heterocycles. The van der Waals surface area contributed by atoms with E-state index in [9.17, 15) is 5.11 Å². The van der Waals surface area contributed by atoms with Gasteiger partial charge in [-0.05, 0) is 24.4 Å². The molecule has 1 unspecified atom stereocenters. The first-order chi connectivity index (χ1) is 9.83. The van der Waals surface area contributed by atoms with Gasteiger partial charge < -0.3 is 5.11 Å². The second-order valence-electron chi connectivity index (χ2n) is 5.60. The zero-order valence-corrected chi connectivity index (χ0v) is 11.7. The Morgan fingerprint density at radius 3 is 2.75 bits per heavy atom. The standard InChI is InChI=1S/C16H21N3O/c20-13-15-6-7-18(9-15)10-16-8-17-19(12-16)11-14-4-2-1-3-5-14/h1-5,8,12,15,20H,6-7,9-11,13H2. The summed E-state index contributed by atoms with van der Waals surface area (Å²) in [5.41, 5.74) is 2.52. The second-order valence-corrected chi connectivity index (χ2v) is 5.60. The Morgan fingerprint density at radius 2 is 2.00 bits per heavy atom. The van der Waals surface area contributed by atoms with Crippen LogP contribution in [0.5, 0.6) is 0 Å². The lowest BCUT2D eigenvalue weighted by atomic mass is 10.1. The highest BCUT2D eigenvalue weighted by atomic mass is 16.3. The van der Waals surface area contributed by atoms with E-state index in [0.717, 1.165) is 32.6 Å². The second kappa shape index (κ2) is 6.20. The van der Waals surface area contributed by atoms with E-state index in [1.54, 1.807) is 0 Å². The van der Waals surface area contributed by atoms with Crippen molar-refractivity contribution in [1.29, 1.82) is 0 Å². The van der Waals surface area contributed by atoms with Crippen LogP contribution in [-0.2, 0) is 13.1 Å². The van der Waals surface area contributed by atoms with Crippen LogP contribution in [0.15, 0.2) is 42.7 Å². The molecule has 1 aliphatic rings. The van der Waals surface area contributed by atoms with Gasteiger partial charge in [-0.3, -0.25) is 9.58 Å². The Hall–Kier alpha value is -1.65. The van der Waals surface area contributed by atoms with Gasteiger partial charge in [0.1, 0.15) is 0 Å². The summed E-state index contributed by atoms with van der Waals surface area (Å²) >= 11 is 0. The molecule has 0 bridgehead atoms. The molecule has 2 aromatic rings. The largest absolute Gasteiger partial charge is 0.396 e. The fraction of sp³-hybridized carbons (Fsp3) is 0.438. The van der Waals surface area contributed by atoms with Crippen LogP contribution in [0, 0.1) is 5.92 Å². The Bertz CT molecular complexity index is 538. The van der Waals surface area contributed by atoms with Crippen LogP contribution in [0.4, 0.5) is 0 Å². The van der Waals surface area contributed by atoms with Crippen LogP contribution in [0.1, 0.15) is 17.5 Å². The molecule has 20 heavy (non-hydrogen) atoms. The fourth-order valence-electron chi connectivity index (χ4n) is 2.81. The molecule has 1 aromatic heterocycles. The molecule has 4 heteroatoms. The van der Waals surface area contributed by atoms with Crippen molar-refractivity contribution in [2.24, 2.45) is 5.92 Å². The molecule has 1 saturated heterocycles.